The summed E-state index contributed by atoms with van der Waals surface area (Å²) in [5.74, 6) is -0.226. The van der Waals surface area contributed by atoms with E-state index in [2.05, 4.69) is 20.9 Å². The number of aliphatic hydroxyl groups excluding tert-OH is 2. The molecule has 0 saturated carbocycles. The molecule has 0 saturated heterocycles. The molecular weight excluding hydrogens is 312 g/mol. The molecule has 2 rings (SSSR count). The maximum atomic E-state index is 12.2. The quantitative estimate of drug-likeness (QED) is 0.776. The van der Waals surface area contributed by atoms with Gasteiger partial charge in [0.2, 0.25) is 0 Å². The zero-order chi connectivity index (χ0) is 13.8. The normalized spacial score (nSPS) is 10.9. The molecule has 0 radical (unpaired) electrons. The molecule has 5 nitrogen and oxygen atoms in total. The van der Waals surface area contributed by atoms with E-state index in [1.54, 1.807) is 6.07 Å². The van der Waals surface area contributed by atoms with Crippen LogP contribution in [0.2, 0.25) is 0 Å². The zero-order valence-corrected chi connectivity index (χ0v) is 11.9. The van der Waals surface area contributed by atoms with Crippen LogP contribution in [0.1, 0.15) is 10.5 Å². The van der Waals surface area contributed by atoms with Gasteiger partial charge < -0.3 is 20.1 Å². The van der Waals surface area contributed by atoms with Crippen molar-refractivity contribution >= 4 is 32.7 Å². The number of carbonyl (C=O) groups is 1. The SMILES string of the molecule is O=C(c1cc2cc(Br)ccc2[nH]1)N(CCO)CCO. The van der Waals surface area contributed by atoms with Crippen LogP contribution in [0.4, 0.5) is 0 Å². The first-order chi connectivity index (χ1) is 9.15. The molecule has 0 atom stereocenters. The molecular formula is C13H15BrN2O3. The lowest BCUT2D eigenvalue weighted by molar-refractivity contribution is 0.0680. The third kappa shape index (κ3) is 3.15. The van der Waals surface area contributed by atoms with Gasteiger partial charge in [0.1, 0.15) is 5.69 Å². The molecule has 1 amide bonds. The van der Waals surface area contributed by atoms with E-state index in [0.29, 0.717) is 5.69 Å². The number of aromatic amines is 1. The molecule has 6 heteroatoms. The molecule has 0 spiro atoms. The molecule has 102 valence electrons. The Bertz CT molecular complexity index is 576. The first-order valence-corrected chi connectivity index (χ1v) is 6.74. The standard InChI is InChI=1S/C13H15BrN2O3/c14-10-1-2-11-9(7-10)8-12(15-11)13(19)16(3-5-17)4-6-18/h1-2,7-8,15,17-18H,3-6H2. The van der Waals surface area contributed by atoms with Gasteiger partial charge in [0, 0.05) is 28.5 Å². The zero-order valence-electron chi connectivity index (χ0n) is 10.3. The van der Waals surface area contributed by atoms with Crippen LogP contribution in [0, 0.1) is 0 Å². The monoisotopic (exact) mass is 326 g/mol. The number of benzene rings is 1. The predicted octanol–water partition coefficient (Wildman–Crippen LogP) is 1.36. The lowest BCUT2D eigenvalue weighted by atomic mass is 10.2. The van der Waals surface area contributed by atoms with Crippen LogP contribution in [-0.4, -0.2) is 52.3 Å². The molecule has 1 aromatic carbocycles. The Hall–Kier alpha value is -1.37. The summed E-state index contributed by atoms with van der Waals surface area (Å²) in [5.41, 5.74) is 1.33. The van der Waals surface area contributed by atoms with Crippen LogP contribution in [0.3, 0.4) is 0 Å². The minimum absolute atomic E-state index is 0.127. The number of aromatic nitrogens is 1. The molecule has 0 aliphatic rings. The largest absolute Gasteiger partial charge is 0.395 e. The van der Waals surface area contributed by atoms with Gasteiger partial charge in [-0.15, -0.1) is 0 Å². The Morgan fingerprint density at radius 2 is 1.89 bits per heavy atom. The van der Waals surface area contributed by atoms with Crippen molar-refractivity contribution in [3.05, 3.63) is 34.4 Å². The summed E-state index contributed by atoms with van der Waals surface area (Å²) in [6, 6.07) is 7.47. The summed E-state index contributed by atoms with van der Waals surface area (Å²) in [7, 11) is 0. The van der Waals surface area contributed by atoms with E-state index in [1.165, 1.54) is 4.90 Å². The highest BCUT2D eigenvalue weighted by Crippen LogP contribution is 2.21. The molecule has 0 aliphatic heterocycles. The van der Waals surface area contributed by atoms with Gasteiger partial charge in [-0.25, -0.2) is 0 Å². The molecule has 3 N–H and O–H groups in total. The first-order valence-electron chi connectivity index (χ1n) is 5.95. The van der Waals surface area contributed by atoms with Crippen molar-refractivity contribution in [2.45, 2.75) is 0 Å². The second-order valence-electron chi connectivity index (χ2n) is 4.15. The van der Waals surface area contributed by atoms with E-state index in [4.69, 9.17) is 10.2 Å². The lowest BCUT2D eigenvalue weighted by Gasteiger charge is -2.19. The van der Waals surface area contributed by atoms with Gasteiger partial charge in [-0.3, -0.25) is 4.79 Å². The second-order valence-corrected chi connectivity index (χ2v) is 5.07. The van der Waals surface area contributed by atoms with E-state index in [0.717, 1.165) is 15.4 Å². The molecule has 19 heavy (non-hydrogen) atoms. The topological polar surface area (TPSA) is 76.6 Å². The van der Waals surface area contributed by atoms with E-state index in [-0.39, 0.29) is 32.2 Å². The Labute approximate surface area is 119 Å². The second kappa shape index (κ2) is 6.18. The van der Waals surface area contributed by atoms with Crippen LogP contribution in [0.25, 0.3) is 10.9 Å². The summed E-state index contributed by atoms with van der Waals surface area (Å²) < 4.78 is 0.945. The minimum atomic E-state index is -0.226. The summed E-state index contributed by atoms with van der Waals surface area (Å²) in [5, 5.41) is 18.8. The molecule has 1 aromatic heterocycles. The Kier molecular flexibility index (Phi) is 4.57. The van der Waals surface area contributed by atoms with Crippen LogP contribution in [0.5, 0.6) is 0 Å². The van der Waals surface area contributed by atoms with Crippen LogP contribution in [-0.2, 0) is 0 Å². The molecule has 2 aromatic rings. The fourth-order valence-electron chi connectivity index (χ4n) is 1.95. The number of halogens is 1. The van der Waals surface area contributed by atoms with Crippen molar-refractivity contribution in [2.24, 2.45) is 0 Å². The Morgan fingerprint density at radius 3 is 2.53 bits per heavy atom. The van der Waals surface area contributed by atoms with Gasteiger partial charge in [0.05, 0.1) is 13.2 Å². The number of fused-ring (bicyclic) bond motifs is 1. The molecule has 1 heterocycles. The van der Waals surface area contributed by atoms with Gasteiger partial charge in [-0.05, 0) is 24.3 Å². The number of nitrogens with zero attached hydrogens (tertiary/aromatic N) is 1. The average Bonchev–Trinajstić information content (AvgIpc) is 2.80. The number of H-pyrrole nitrogens is 1. The molecule has 0 fully saturated rings. The van der Waals surface area contributed by atoms with E-state index >= 15 is 0 Å². The van der Waals surface area contributed by atoms with Gasteiger partial charge >= 0.3 is 0 Å². The number of nitrogens with one attached hydrogen (secondary N) is 1. The molecule has 0 unspecified atom stereocenters. The average molecular weight is 327 g/mol. The smallest absolute Gasteiger partial charge is 0.270 e. The number of hydrogen-bond donors (Lipinski definition) is 3. The molecule has 0 bridgehead atoms. The highest BCUT2D eigenvalue weighted by molar-refractivity contribution is 9.10. The van der Waals surface area contributed by atoms with Gasteiger partial charge in [-0.1, -0.05) is 15.9 Å². The maximum absolute atomic E-state index is 12.2. The van der Waals surface area contributed by atoms with Crippen molar-refractivity contribution in [3.63, 3.8) is 0 Å². The number of amides is 1. The highest BCUT2D eigenvalue weighted by atomic mass is 79.9. The van der Waals surface area contributed by atoms with Crippen LogP contribution < -0.4 is 0 Å². The minimum Gasteiger partial charge on any atom is -0.395 e. The van der Waals surface area contributed by atoms with E-state index in [9.17, 15) is 4.79 Å². The Balaban J connectivity index is 2.29. The number of rotatable bonds is 5. The Morgan fingerprint density at radius 1 is 1.21 bits per heavy atom. The van der Waals surface area contributed by atoms with Crippen LogP contribution in [0.15, 0.2) is 28.7 Å². The highest BCUT2D eigenvalue weighted by Gasteiger charge is 2.17. The molecule has 0 aliphatic carbocycles. The number of hydrogen-bond acceptors (Lipinski definition) is 3. The maximum Gasteiger partial charge on any atom is 0.270 e. The van der Waals surface area contributed by atoms with Gasteiger partial charge in [0.15, 0.2) is 0 Å². The fourth-order valence-corrected chi connectivity index (χ4v) is 2.32. The summed E-state index contributed by atoms with van der Waals surface area (Å²) in [4.78, 5) is 16.7. The summed E-state index contributed by atoms with van der Waals surface area (Å²) in [6.45, 7) is 0.159. The van der Waals surface area contributed by atoms with Crippen molar-refractivity contribution < 1.29 is 15.0 Å². The van der Waals surface area contributed by atoms with E-state index in [1.807, 2.05) is 18.2 Å². The summed E-state index contributed by atoms with van der Waals surface area (Å²) in [6.07, 6.45) is 0. The fraction of sp³-hybridized carbons (Fsp3) is 0.308. The number of aliphatic hydroxyl groups is 2. The van der Waals surface area contributed by atoms with Crippen molar-refractivity contribution in [2.75, 3.05) is 26.3 Å². The third-order valence-electron chi connectivity index (χ3n) is 2.84. The van der Waals surface area contributed by atoms with Crippen molar-refractivity contribution in [3.8, 4) is 0 Å². The lowest BCUT2D eigenvalue weighted by Crippen LogP contribution is -2.36. The predicted molar refractivity (Wildman–Crippen MR) is 76.1 cm³/mol. The third-order valence-corrected chi connectivity index (χ3v) is 3.33. The van der Waals surface area contributed by atoms with Gasteiger partial charge in [0.25, 0.3) is 5.91 Å². The number of carbonyl (C=O) groups excluding carboxylic acids is 1. The summed E-state index contributed by atoms with van der Waals surface area (Å²) >= 11 is 3.38. The van der Waals surface area contributed by atoms with Crippen LogP contribution >= 0.6 is 15.9 Å². The first kappa shape index (κ1) is 14.0. The van der Waals surface area contributed by atoms with E-state index < -0.39 is 0 Å². The van der Waals surface area contributed by atoms with Crippen molar-refractivity contribution in [1.29, 1.82) is 0 Å². The van der Waals surface area contributed by atoms with Gasteiger partial charge in [-0.2, -0.15) is 0 Å². The van der Waals surface area contributed by atoms with Crippen molar-refractivity contribution in [1.82, 2.24) is 9.88 Å².